The van der Waals surface area contributed by atoms with E-state index in [1.165, 1.54) is 0 Å². The molecule has 1 aromatic carbocycles. The van der Waals surface area contributed by atoms with E-state index in [1.807, 2.05) is 51.2 Å². The Labute approximate surface area is 113 Å². The minimum absolute atomic E-state index is 0.0108. The highest BCUT2D eigenvalue weighted by molar-refractivity contribution is 5.91. The number of aromatic nitrogens is 2. The molecule has 0 radical (unpaired) electrons. The molecule has 0 aliphatic rings. The van der Waals surface area contributed by atoms with Gasteiger partial charge in [0.2, 0.25) is 5.91 Å². The maximum atomic E-state index is 12.0. The Morgan fingerprint density at radius 3 is 2.89 bits per heavy atom. The number of nitrogens with zero attached hydrogens (tertiary/aromatic N) is 2. The molecule has 0 bridgehead atoms. The third kappa shape index (κ3) is 3.44. The number of aryl methyl sites for hydroxylation is 2. The van der Waals surface area contributed by atoms with Crippen LogP contribution in [0, 0.1) is 13.8 Å². The van der Waals surface area contributed by atoms with Crippen molar-refractivity contribution in [2.75, 3.05) is 5.32 Å². The first-order valence-electron chi connectivity index (χ1n) is 6.42. The molecule has 1 atom stereocenters. The number of amides is 1. The second-order valence-corrected chi connectivity index (χ2v) is 4.91. The Morgan fingerprint density at radius 1 is 1.42 bits per heavy atom. The van der Waals surface area contributed by atoms with Crippen LogP contribution in [-0.2, 0) is 4.79 Å². The first-order chi connectivity index (χ1) is 9.06. The fourth-order valence-corrected chi connectivity index (χ4v) is 1.97. The zero-order valence-corrected chi connectivity index (χ0v) is 11.6. The summed E-state index contributed by atoms with van der Waals surface area (Å²) in [4.78, 5) is 12.0. The van der Waals surface area contributed by atoms with Crippen LogP contribution in [0.3, 0.4) is 0 Å². The zero-order valence-electron chi connectivity index (χ0n) is 11.6. The molecule has 0 unspecified atom stereocenters. The highest BCUT2D eigenvalue weighted by atomic mass is 16.1. The van der Waals surface area contributed by atoms with E-state index in [4.69, 9.17) is 0 Å². The summed E-state index contributed by atoms with van der Waals surface area (Å²) in [5, 5.41) is 7.11. The largest absolute Gasteiger partial charge is 0.326 e. The first-order valence-corrected chi connectivity index (χ1v) is 6.42. The molecule has 2 aromatic rings. The van der Waals surface area contributed by atoms with Gasteiger partial charge in [-0.05, 0) is 44.0 Å². The van der Waals surface area contributed by atoms with E-state index in [1.54, 1.807) is 10.9 Å². The lowest BCUT2D eigenvalue weighted by Crippen LogP contribution is -2.18. The average molecular weight is 257 g/mol. The lowest BCUT2D eigenvalue weighted by Gasteiger charge is -2.13. The van der Waals surface area contributed by atoms with Crippen molar-refractivity contribution in [3.8, 4) is 0 Å². The van der Waals surface area contributed by atoms with Crippen molar-refractivity contribution in [2.45, 2.75) is 33.2 Å². The maximum absolute atomic E-state index is 12.0. The molecule has 1 N–H and O–H groups in total. The lowest BCUT2D eigenvalue weighted by atomic mass is 10.1. The number of anilines is 1. The minimum atomic E-state index is 0.0108. The van der Waals surface area contributed by atoms with E-state index in [-0.39, 0.29) is 11.9 Å². The number of hydrogen-bond donors (Lipinski definition) is 1. The normalized spacial score (nSPS) is 12.2. The van der Waals surface area contributed by atoms with Crippen LogP contribution in [0.25, 0.3) is 0 Å². The second kappa shape index (κ2) is 5.69. The molecule has 0 aliphatic heterocycles. The summed E-state index contributed by atoms with van der Waals surface area (Å²) in [5.41, 5.74) is 3.10. The molecule has 100 valence electrons. The summed E-state index contributed by atoms with van der Waals surface area (Å²) in [6, 6.07) is 7.96. The van der Waals surface area contributed by atoms with Crippen LogP contribution >= 0.6 is 0 Å². The van der Waals surface area contributed by atoms with Crippen LogP contribution in [0.1, 0.15) is 30.5 Å². The van der Waals surface area contributed by atoms with E-state index < -0.39 is 0 Å². The SMILES string of the molecule is Cc1ccc(C)c(NC(=O)C[C@@H](C)n2cccn2)c1. The van der Waals surface area contributed by atoms with Crippen molar-refractivity contribution < 1.29 is 4.79 Å². The fraction of sp³-hybridized carbons (Fsp3) is 0.333. The van der Waals surface area contributed by atoms with Gasteiger partial charge in [-0.3, -0.25) is 9.48 Å². The van der Waals surface area contributed by atoms with Gasteiger partial charge in [-0.1, -0.05) is 12.1 Å². The summed E-state index contributed by atoms with van der Waals surface area (Å²) in [5.74, 6) is 0.0108. The van der Waals surface area contributed by atoms with Crippen LogP contribution in [0.2, 0.25) is 0 Å². The van der Waals surface area contributed by atoms with Crippen LogP contribution in [0.5, 0.6) is 0 Å². The summed E-state index contributed by atoms with van der Waals surface area (Å²) >= 11 is 0. The van der Waals surface area contributed by atoms with Crippen molar-refractivity contribution >= 4 is 11.6 Å². The van der Waals surface area contributed by atoms with Gasteiger partial charge in [0.15, 0.2) is 0 Å². The molecule has 0 spiro atoms. The Balaban J connectivity index is 1.99. The predicted octanol–water partition coefficient (Wildman–Crippen LogP) is 3.09. The van der Waals surface area contributed by atoms with Crippen molar-refractivity contribution in [1.29, 1.82) is 0 Å². The van der Waals surface area contributed by atoms with Gasteiger partial charge in [-0.2, -0.15) is 5.10 Å². The van der Waals surface area contributed by atoms with Crippen LogP contribution in [0.4, 0.5) is 5.69 Å². The Hall–Kier alpha value is -2.10. The van der Waals surface area contributed by atoms with Gasteiger partial charge in [0.1, 0.15) is 0 Å². The quantitative estimate of drug-likeness (QED) is 0.915. The minimum Gasteiger partial charge on any atom is -0.326 e. The standard InChI is InChI=1S/C15H19N3O/c1-11-5-6-12(2)14(9-11)17-15(19)10-13(3)18-8-4-7-16-18/h4-9,13H,10H2,1-3H3,(H,17,19)/t13-/m1/s1. The van der Waals surface area contributed by atoms with E-state index in [0.717, 1.165) is 16.8 Å². The monoisotopic (exact) mass is 257 g/mol. The Bertz CT molecular complexity index is 561. The summed E-state index contributed by atoms with van der Waals surface area (Å²) in [6.45, 7) is 5.99. The van der Waals surface area contributed by atoms with E-state index in [2.05, 4.69) is 10.4 Å². The molecular weight excluding hydrogens is 238 g/mol. The molecule has 1 amide bonds. The maximum Gasteiger partial charge on any atom is 0.226 e. The fourth-order valence-electron chi connectivity index (χ4n) is 1.97. The summed E-state index contributed by atoms with van der Waals surface area (Å²) < 4.78 is 1.79. The van der Waals surface area contributed by atoms with Gasteiger partial charge in [-0.15, -0.1) is 0 Å². The van der Waals surface area contributed by atoms with Gasteiger partial charge in [0.05, 0.1) is 6.04 Å². The molecule has 1 heterocycles. The number of carbonyl (C=O) groups is 1. The van der Waals surface area contributed by atoms with Gasteiger partial charge >= 0.3 is 0 Å². The Morgan fingerprint density at radius 2 is 2.21 bits per heavy atom. The van der Waals surface area contributed by atoms with E-state index in [0.29, 0.717) is 6.42 Å². The first kappa shape index (κ1) is 13.3. The zero-order chi connectivity index (χ0) is 13.8. The van der Waals surface area contributed by atoms with Crippen LogP contribution in [-0.4, -0.2) is 15.7 Å². The molecule has 0 aliphatic carbocycles. The number of hydrogen-bond acceptors (Lipinski definition) is 2. The average Bonchev–Trinajstić information content (AvgIpc) is 2.87. The van der Waals surface area contributed by atoms with Crippen molar-refractivity contribution in [3.63, 3.8) is 0 Å². The third-order valence-corrected chi connectivity index (χ3v) is 3.12. The summed E-state index contributed by atoms with van der Waals surface area (Å²) in [7, 11) is 0. The highest BCUT2D eigenvalue weighted by Crippen LogP contribution is 2.18. The highest BCUT2D eigenvalue weighted by Gasteiger charge is 2.11. The van der Waals surface area contributed by atoms with Crippen LogP contribution < -0.4 is 5.32 Å². The van der Waals surface area contributed by atoms with Gasteiger partial charge in [0, 0.05) is 24.5 Å². The predicted molar refractivity (Wildman–Crippen MR) is 76.1 cm³/mol. The molecule has 4 heteroatoms. The number of benzene rings is 1. The Kier molecular flexibility index (Phi) is 4.00. The molecule has 0 saturated carbocycles. The lowest BCUT2D eigenvalue weighted by molar-refractivity contribution is -0.116. The summed E-state index contributed by atoms with van der Waals surface area (Å²) in [6.07, 6.45) is 4.00. The molecule has 19 heavy (non-hydrogen) atoms. The van der Waals surface area contributed by atoms with E-state index in [9.17, 15) is 4.79 Å². The smallest absolute Gasteiger partial charge is 0.226 e. The van der Waals surface area contributed by atoms with Gasteiger partial charge in [-0.25, -0.2) is 0 Å². The topological polar surface area (TPSA) is 46.9 Å². The second-order valence-electron chi connectivity index (χ2n) is 4.91. The van der Waals surface area contributed by atoms with Crippen LogP contribution in [0.15, 0.2) is 36.7 Å². The molecule has 2 rings (SSSR count). The molecule has 4 nitrogen and oxygen atoms in total. The molecular formula is C15H19N3O. The number of nitrogens with one attached hydrogen (secondary N) is 1. The van der Waals surface area contributed by atoms with Gasteiger partial charge < -0.3 is 5.32 Å². The van der Waals surface area contributed by atoms with Crippen molar-refractivity contribution in [2.24, 2.45) is 0 Å². The molecule has 0 saturated heterocycles. The molecule has 0 fully saturated rings. The van der Waals surface area contributed by atoms with Crippen molar-refractivity contribution in [3.05, 3.63) is 47.8 Å². The van der Waals surface area contributed by atoms with Gasteiger partial charge in [0.25, 0.3) is 0 Å². The third-order valence-electron chi connectivity index (χ3n) is 3.12. The number of carbonyl (C=O) groups excluding carboxylic acids is 1. The molecule has 1 aromatic heterocycles. The number of rotatable bonds is 4. The van der Waals surface area contributed by atoms with Crippen molar-refractivity contribution in [1.82, 2.24) is 9.78 Å². The van der Waals surface area contributed by atoms with E-state index >= 15 is 0 Å².